The minimum atomic E-state index is -1.11. The molecular weight excluding hydrogens is 208 g/mol. The second kappa shape index (κ2) is 5.52. The van der Waals surface area contributed by atoms with Crippen molar-refractivity contribution < 1.29 is 14.7 Å². The van der Waals surface area contributed by atoms with Crippen molar-refractivity contribution in [1.82, 2.24) is 4.90 Å². The van der Waals surface area contributed by atoms with Crippen LogP contribution in [0.2, 0.25) is 0 Å². The van der Waals surface area contributed by atoms with Gasteiger partial charge in [0.2, 0.25) is 5.91 Å². The molecule has 0 aromatic carbocycles. The van der Waals surface area contributed by atoms with Crippen molar-refractivity contribution in [3.8, 4) is 12.3 Å². The highest BCUT2D eigenvalue weighted by atomic mass is 16.4. The Labute approximate surface area is 95.6 Å². The molecule has 0 spiro atoms. The third-order valence-electron chi connectivity index (χ3n) is 2.12. The van der Waals surface area contributed by atoms with E-state index in [9.17, 15) is 9.59 Å². The van der Waals surface area contributed by atoms with E-state index in [1.165, 1.54) is 0 Å². The summed E-state index contributed by atoms with van der Waals surface area (Å²) < 4.78 is 0. The first-order valence-corrected chi connectivity index (χ1v) is 4.89. The second-order valence-corrected chi connectivity index (χ2v) is 4.64. The monoisotopic (exact) mass is 226 g/mol. The Balaban J connectivity index is 4.75. The Morgan fingerprint density at radius 2 is 2.00 bits per heavy atom. The number of aliphatic carboxylic acids is 1. The van der Waals surface area contributed by atoms with E-state index < -0.39 is 29.9 Å². The number of terminal acetylenes is 1. The molecule has 0 heterocycles. The van der Waals surface area contributed by atoms with E-state index in [0.717, 1.165) is 4.90 Å². The topological polar surface area (TPSA) is 83.6 Å². The Bertz CT molecular complexity index is 312. The lowest BCUT2D eigenvalue weighted by Gasteiger charge is -2.30. The average molecular weight is 226 g/mol. The molecule has 1 amide bonds. The highest BCUT2D eigenvalue weighted by Gasteiger charge is 2.31. The Kier molecular flexibility index (Phi) is 4.99. The first-order chi connectivity index (χ1) is 7.20. The minimum Gasteiger partial charge on any atom is -0.480 e. The van der Waals surface area contributed by atoms with Crippen LogP contribution in [0.25, 0.3) is 0 Å². The van der Waals surface area contributed by atoms with Gasteiger partial charge in [0.05, 0.1) is 12.6 Å². The highest BCUT2D eigenvalue weighted by molar-refractivity contribution is 5.86. The standard InChI is InChI=1S/C11H18N2O3/c1-5-6-13(7-8(14)15)10(16)9(12)11(2,3)4/h1,9H,6-7,12H2,2-4H3,(H,14,15)/t9-/m1/s1. The van der Waals surface area contributed by atoms with E-state index >= 15 is 0 Å². The van der Waals surface area contributed by atoms with E-state index in [-0.39, 0.29) is 6.54 Å². The van der Waals surface area contributed by atoms with Gasteiger partial charge in [-0.25, -0.2) is 0 Å². The predicted molar refractivity (Wildman–Crippen MR) is 60.5 cm³/mol. The van der Waals surface area contributed by atoms with Gasteiger partial charge in [-0.3, -0.25) is 9.59 Å². The molecule has 16 heavy (non-hydrogen) atoms. The summed E-state index contributed by atoms with van der Waals surface area (Å²) in [6.45, 7) is 4.96. The largest absolute Gasteiger partial charge is 0.480 e. The smallest absolute Gasteiger partial charge is 0.323 e. The molecule has 0 rings (SSSR count). The van der Waals surface area contributed by atoms with Crippen LogP contribution in [0.5, 0.6) is 0 Å². The van der Waals surface area contributed by atoms with Crippen molar-refractivity contribution in [3.63, 3.8) is 0 Å². The summed E-state index contributed by atoms with van der Waals surface area (Å²) in [6, 6.07) is -0.764. The van der Waals surface area contributed by atoms with Gasteiger partial charge in [0, 0.05) is 0 Å². The van der Waals surface area contributed by atoms with Crippen LogP contribution in [-0.4, -0.2) is 41.0 Å². The SMILES string of the molecule is C#CCN(CC(=O)O)C(=O)[C@@H](N)C(C)(C)C. The highest BCUT2D eigenvalue weighted by Crippen LogP contribution is 2.18. The molecule has 0 unspecified atom stereocenters. The Morgan fingerprint density at radius 3 is 2.31 bits per heavy atom. The summed E-state index contributed by atoms with van der Waals surface area (Å²) in [4.78, 5) is 23.5. The third kappa shape index (κ3) is 4.32. The van der Waals surface area contributed by atoms with Gasteiger partial charge in [0.15, 0.2) is 0 Å². The van der Waals surface area contributed by atoms with Gasteiger partial charge in [-0.15, -0.1) is 6.42 Å². The van der Waals surface area contributed by atoms with Crippen molar-refractivity contribution in [3.05, 3.63) is 0 Å². The van der Waals surface area contributed by atoms with Crippen LogP contribution in [0.1, 0.15) is 20.8 Å². The number of hydrogen-bond acceptors (Lipinski definition) is 3. The molecule has 0 aromatic rings. The van der Waals surface area contributed by atoms with Gasteiger partial charge in [-0.2, -0.15) is 0 Å². The molecule has 0 aliphatic rings. The third-order valence-corrected chi connectivity index (χ3v) is 2.12. The molecule has 5 heteroatoms. The molecule has 0 fully saturated rings. The molecule has 3 N–H and O–H groups in total. The van der Waals surface area contributed by atoms with E-state index in [1.54, 1.807) is 0 Å². The second-order valence-electron chi connectivity index (χ2n) is 4.64. The van der Waals surface area contributed by atoms with Crippen molar-refractivity contribution in [2.24, 2.45) is 11.1 Å². The van der Waals surface area contributed by atoms with Crippen molar-refractivity contribution in [1.29, 1.82) is 0 Å². The number of rotatable bonds is 4. The zero-order valence-corrected chi connectivity index (χ0v) is 9.86. The summed E-state index contributed by atoms with van der Waals surface area (Å²) in [5, 5.41) is 8.64. The fourth-order valence-electron chi connectivity index (χ4n) is 1.05. The van der Waals surface area contributed by atoms with E-state index in [2.05, 4.69) is 5.92 Å². The predicted octanol–water partition coefficient (Wildman–Crippen LogP) is -0.0938. The van der Waals surface area contributed by atoms with Crippen LogP contribution in [0.15, 0.2) is 0 Å². The van der Waals surface area contributed by atoms with E-state index in [4.69, 9.17) is 17.3 Å². The van der Waals surface area contributed by atoms with Crippen LogP contribution in [-0.2, 0) is 9.59 Å². The van der Waals surface area contributed by atoms with Crippen LogP contribution >= 0.6 is 0 Å². The number of nitrogens with zero attached hydrogens (tertiary/aromatic N) is 1. The molecule has 0 aromatic heterocycles. The number of amides is 1. The maximum absolute atomic E-state index is 11.9. The van der Waals surface area contributed by atoms with Gasteiger partial charge in [-0.1, -0.05) is 26.7 Å². The fourth-order valence-corrected chi connectivity index (χ4v) is 1.05. The molecule has 0 aliphatic heterocycles. The fraction of sp³-hybridized carbons (Fsp3) is 0.636. The number of carboxylic acid groups (broad SMARTS) is 1. The maximum Gasteiger partial charge on any atom is 0.323 e. The summed E-state index contributed by atoms with van der Waals surface area (Å²) in [6.07, 6.45) is 5.07. The van der Waals surface area contributed by atoms with Crippen LogP contribution in [0.3, 0.4) is 0 Å². The quantitative estimate of drug-likeness (QED) is 0.656. The lowest BCUT2D eigenvalue weighted by atomic mass is 9.86. The van der Waals surface area contributed by atoms with Gasteiger partial charge >= 0.3 is 5.97 Å². The first kappa shape index (κ1) is 14.5. The number of carboxylic acids is 1. The number of carbonyl (C=O) groups is 2. The molecule has 0 saturated carbocycles. The van der Waals surface area contributed by atoms with Crippen LogP contribution in [0, 0.1) is 17.8 Å². The average Bonchev–Trinajstić information content (AvgIpc) is 2.12. The summed E-state index contributed by atoms with van der Waals surface area (Å²) in [5.74, 6) is 0.703. The Morgan fingerprint density at radius 1 is 1.50 bits per heavy atom. The molecule has 0 aliphatic carbocycles. The van der Waals surface area contributed by atoms with E-state index in [0.29, 0.717) is 0 Å². The maximum atomic E-state index is 11.9. The summed E-state index contributed by atoms with van der Waals surface area (Å²) >= 11 is 0. The molecule has 1 atom stereocenters. The van der Waals surface area contributed by atoms with Gasteiger partial charge in [0.1, 0.15) is 6.54 Å². The van der Waals surface area contributed by atoms with Gasteiger partial charge in [0.25, 0.3) is 0 Å². The lowest BCUT2D eigenvalue weighted by Crippen LogP contribution is -2.51. The first-order valence-electron chi connectivity index (χ1n) is 4.89. The zero-order valence-electron chi connectivity index (χ0n) is 9.86. The van der Waals surface area contributed by atoms with Crippen molar-refractivity contribution in [2.45, 2.75) is 26.8 Å². The summed E-state index contributed by atoms with van der Waals surface area (Å²) in [5.41, 5.74) is 5.32. The van der Waals surface area contributed by atoms with Crippen LogP contribution < -0.4 is 5.73 Å². The molecule has 0 saturated heterocycles. The van der Waals surface area contributed by atoms with Crippen LogP contribution in [0.4, 0.5) is 0 Å². The molecule has 0 bridgehead atoms. The number of carbonyl (C=O) groups excluding carboxylic acids is 1. The Hall–Kier alpha value is -1.54. The van der Waals surface area contributed by atoms with E-state index in [1.807, 2.05) is 20.8 Å². The number of nitrogens with two attached hydrogens (primary N) is 1. The number of hydrogen-bond donors (Lipinski definition) is 2. The van der Waals surface area contributed by atoms with Crippen molar-refractivity contribution >= 4 is 11.9 Å². The minimum absolute atomic E-state index is 0.0467. The zero-order chi connectivity index (χ0) is 12.9. The molecule has 5 nitrogen and oxygen atoms in total. The normalized spacial score (nSPS) is 12.7. The van der Waals surface area contributed by atoms with Gasteiger partial charge < -0.3 is 15.7 Å². The molecule has 0 radical (unpaired) electrons. The lowest BCUT2D eigenvalue weighted by molar-refractivity contribution is -0.145. The molecular formula is C11H18N2O3. The summed E-state index contributed by atoms with van der Waals surface area (Å²) in [7, 11) is 0. The van der Waals surface area contributed by atoms with Gasteiger partial charge in [-0.05, 0) is 5.41 Å². The van der Waals surface area contributed by atoms with Crippen molar-refractivity contribution in [2.75, 3.05) is 13.1 Å². The molecule has 90 valence electrons.